The Morgan fingerprint density at radius 2 is 1.49 bits per heavy atom. The van der Waals surface area contributed by atoms with Crippen LogP contribution in [0.2, 0.25) is 0 Å². The van der Waals surface area contributed by atoms with Crippen LogP contribution >= 0.6 is 11.8 Å². The fourth-order valence-corrected chi connectivity index (χ4v) is 8.15. The van der Waals surface area contributed by atoms with Crippen molar-refractivity contribution >= 4 is 27.7 Å². The molecule has 2 fully saturated rings. The third kappa shape index (κ3) is 6.09. The normalized spacial score (nSPS) is 19.6. The number of hydrogen-bond acceptors (Lipinski definition) is 5. The molecule has 1 amide bonds. The molecule has 1 N–H and O–H groups in total. The van der Waals surface area contributed by atoms with Gasteiger partial charge in [-0.05, 0) is 61.2 Å². The maximum Gasteiger partial charge on any atom is 0.249 e. The molecule has 8 heteroatoms. The van der Waals surface area contributed by atoms with E-state index in [1.54, 1.807) is 12.1 Å². The molecule has 194 valence electrons. The molecule has 6 nitrogen and oxygen atoms in total. The van der Waals surface area contributed by atoms with Crippen LogP contribution in [0, 0.1) is 0 Å². The highest BCUT2D eigenvalue weighted by Gasteiger charge is 2.40. The monoisotopic (exact) mass is 535 g/mol. The summed E-state index contributed by atoms with van der Waals surface area (Å²) in [7, 11) is -3.81. The van der Waals surface area contributed by atoms with Crippen molar-refractivity contribution < 1.29 is 13.2 Å². The van der Waals surface area contributed by atoms with Crippen LogP contribution in [0.3, 0.4) is 0 Å². The van der Waals surface area contributed by atoms with E-state index in [-0.39, 0.29) is 16.8 Å². The van der Waals surface area contributed by atoms with Gasteiger partial charge < -0.3 is 10.2 Å². The summed E-state index contributed by atoms with van der Waals surface area (Å²) in [5, 5.41) is 2.41. The van der Waals surface area contributed by atoms with E-state index in [1.807, 2.05) is 72.8 Å². The summed E-state index contributed by atoms with van der Waals surface area (Å²) in [6, 6.07) is 26.6. The SMILES string of the molecule is O=C(NC(CCN1CCCC1)c1ccccc1)C1SCCN1S(=O)(=O)c1ccc(-c2ccccc2)cc1. The van der Waals surface area contributed by atoms with E-state index in [0.717, 1.165) is 42.7 Å². The Kier molecular flexibility index (Phi) is 8.30. The van der Waals surface area contributed by atoms with E-state index in [0.29, 0.717) is 12.3 Å². The topological polar surface area (TPSA) is 69.7 Å². The van der Waals surface area contributed by atoms with Crippen LogP contribution < -0.4 is 5.32 Å². The Balaban J connectivity index is 1.31. The molecule has 5 rings (SSSR count). The predicted octanol–water partition coefficient (Wildman–Crippen LogP) is 4.76. The zero-order chi connectivity index (χ0) is 25.7. The van der Waals surface area contributed by atoms with E-state index < -0.39 is 15.4 Å². The Morgan fingerprint density at radius 3 is 2.16 bits per heavy atom. The molecule has 2 atom stereocenters. The van der Waals surface area contributed by atoms with Gasteiger partial charge in [-0.3, -0.25) is 4.79 Å². The summed E-state index contributed by atoms with van der Waals surface area (Å²) in [4.78, 5) is 16.1. The van der Waals surface area contributed by atoms with Crippen molar-refractivity contribution in [3.8, 4) is 11.1 Å². The van der Waals surface area contributed by atoms with Crippen LogP contribution in [-0.4, -0.2) is 60.8 Å². The summed E-state index contributed by atoms with van der Waals surface area (Å²) in [5.74, 6) is 0.339. The fraction of sp³-hybridized carbons (Fsp3) is 0.345. The van der Waals surface area contributed by atoms with Crippen molar-refractivity contribution in [1.29, 1.82) is 0 Å². The van der Waals surface area contributed by atoms with Crippen LogP contribution in [-0.2, 0) is 14.8 Å². The van der Waals surface area contributed by atoms with Crippen molar-refractivity contribution in [3.05, 3.63) is 90.5 Å². The van der Waals surface area contributed by atoms with E-state index in [4.69, 9.17) is 0 Å². The molecule has 0 aliphatic carbocycles. The second-order valence-corrected chi connectivity index (χ2v) is 12.6. The molecule has 2 unspecified atom stereocenters. The van der Waals surface area contributed by atoms with E-state index in [2.05, 4.69) is 10.2 Å². The van der Waals surface area contributed by atoms with Gasteiger partial charge in [-0.15, -0.1) is 11.8 Å². The van der Waals surface area contributed by atoms with Gasteiger partial charge in [0.05, 0.1) is 10.9 Å². The molecule has 3 aromatic carbocycles. The minimum absolute atomic E-state index is 0.162. The molecule has 2 aliphatic rings. The average molecular weight is 536 g/mol. The first-order valence-corrected chi connectivity index (χ1v) is 15.4. The minimum atomic E-state index is -3.81. The summed E-state index contributed by atoms with van der Waals surface area (Å²) in [5.41, 5.74) is 3.03. The fourth-order valence-electron chi connectivity index (χ4n) is 5.06. The molecule has 2 aliphatic heterocycles. The van der Waals surface area contributed by atoms with Gasteiger partial charge in [-0.25, -0.2) is 8.42 Å². The first kappa shape index (κ1) is 26.0. The van der Waals surface area contributed by atoms with Crippen LogP contribution in [0.25, 0.3) is 11.1 Å². The number of thioether (sulfide) groups is 1. The molecular formula is C29H33N3O3S2. The Labute approximate surface area is 224 Å². The van der Waals surface area contributed by atoms with Gasteiger partial charge in [0, 0.05) is 18.8 Å². The number of carbonyl (C=O) groups excluding carboxylic acids is 1. The first-order chi connectivity index (χ1) is 18.0. The molecule has 0 spiro atoms. The molecule has 0 aromatic heterocycles. The summed E-state index contributed by atoms with van der Waals surface area (Å²) in [6.45, 7) is 3.43. The number of benzene rings is 3. The second-order valence-electron chi connectivity index (χ2n) is 9.54. The maximum atomic E-state index is 13.6. The Hall–Kier alpha value is -2.65. The predicted molar refractivity (Wildman–Crippen MR) is 150 cm³/mol. The summed E-state index contributed by atoms with van der Waals surface area (Å²) >= 11 is 1.39. The quantitative estimate of drug-likeness (QED) is 0.428. The Morgan fingerprint density at radius 1 is 0.865 bits per heavy atom. The summed E-state index contributed by atoms with van der Waals surface area (Å²) in [6.07, 6.45) is 3.24. The van der Waals surface area contributed by atoms with Crippen molar-refractivity contribution in [2.75, 3.05) is 31.9 Å². The second kappa shape index (κ2) is 11.8. The molecule has 0 radical (unpaired) electrons. The molecular weight excluding hydrogens is 502 g/mol. The van der Waals surface area contributed by atoms with Crippen molar-refractivity contribution in [2.45, 2.75) is 35.6 Å². The van der Waals surface area contributed by atoms with E-state index in [1.165, 1.54) is 28.9 Å². The number of amides is 1. The molecule has 0 saturated carbocycles. The third-order valence-corrected chi connectivity index (χ3v) is 10.3. The van der Waals surface area contributed by atoms with E-state index >= 15 is 0 Å². The van der Waals surface area contributed by atoms with Crippen LogP contribution in [0.5, 0.6) is 0 Å². The van der Waals surface area contributed by atoms with Gasteiger partial charge in [0.1, 0.15) is 5.37 Å². The molecule has 37 heavy (non-hydrogen) atoms. The van der Waals surface area contributed by atoms with Crippen LogP contribution in [0.1, 0.15) is 30.9 Å². The smallest absolute Gasteiger partial charge is 0.249 e. The maximum absolute atomic E-state index is 13.6. The lowest BCUT2D eigenvalue weighted by molar-refractivity contribution is -0.123. The molecule has 2 heterocycles. The molecule has 3 aromatic rings. The van der Waals surface area contributed by atoms with Gasteiger partial charge in [0.15, 0.2) is 0 Å². The number of rotatable bonds is 9. The highest BCUT2D eigenvalue weighted by molar-refractivity contribution is 8.02. The lowest BCUT2D eigenvalue weighted by Crippen LogP contribution is -2.46. The standard InChI is InChI=1S/C29H33N3O3S2/c33-28(30-27(25-11-5-2-6-12-25)17-20-31-18-7-8-19-31)29-32(21-22-36-29)37(34,35)26-15-13-24(14-16-26)23-9-3-1-4-10-23/h1-6,9-16,27,29H,7-8,17-22H2,(H,30,33). The number of likely N-dealkylation sites (tertiary alicyclic amines) is 1. The van der Waals surface area contributed by atoms with Gasteiger partial charge >= 0.3 is 0 Å². The molecule has 0 bridgehead atoms. The van der Waals surface area contributed by atoms with Crippen molar-refractivity contribution in [3.63, 3.8) is 0 Å². The van der Waals surface area contributed by atoms with Gasteiger partial charge in [-0.1, -0.05) is 72.8 Å². The third-order valence-electron chi connectivity index (χ3n) is 7.09. The lowest BCUT2D eigenvalue weighted by atomic mass is 10.0. The zero-order valence-corrected chi connectivity index (χ0v) is 22.5. The van der Waals surface area contributed by atoms with E-state index in [9.17, 15) is 13.2 Å². The van der Waals surface area contributed by atoms with Gasteiger partial charge in [0.25, 0.3) is 0 Å². The van der Waals surface area contributed by atoms with Gasteiger partial charge in [0.2, 0.25) is 15.9 Å². The number of nitrogens with one attached hydrogen (secondary N) is 1. The lowest BCUT2D eigenvalue weighted by Gasteiger charge is -2.27. The number of sulfonamides is 1. The highest BCUT2D eigenvalue weighted by Crippen LogP contribution is 2.32. The average Bonchev–Trinajstić information content (AvgIpc) is 3.65. The van der Waals surface area contributed by atoms with Crippen LogP contribution in [0.15, 0.2) is 89.8 Å². The van der Waals surface area contributed by atoms with Crippen molar-refractivity contribution in [1.82, 2.24) is 14.5 Å². The Bertz CT molecular complexity index is 1280. The first-order valence-electron chi connectivity index (χ1n) is 12.9. The largest absolute Gasteiger partial charge is 0.347 e. The molecule has 2 saturated heterocycles. The number of carbonyl (C=O) groups is 1. The zero-order valence-electron chi connectivity index (χ0n) is 20.8. The minimum Gasteiger partial charge on any atom is -0.347 e. The highest BCUT2D eigenvalue weighted by atomic mass is 32.2. The number of nitrogens with zero attached hydrogens (tertiary/aromatic N) is 2. The number of hydrogen-bond donors (Lipinski definition) is 1. The van der Waals surface area contributed by atoms with Crippen LogP contribution in [0.4, 0.5) is 0 Å². The van der Waals surface area contributed by atoms with Crippen molar-refractivity contribution in [2.24, 2.45) is 0 Å². The van der Waals surface area contributed by atoms with Gasteiger partial charge in [-0.2, -0.15) is 4.31 Å². The summed E-state index contributed by atoms with van der Waals surface area (Å²) < 4.78 is 28.5.